The summed E-state index contributed by atoms with van der Waals surface area (Å²) >= 11 is 0. The smallest absolute Gasteiger partial charge is 0.154 e. The van der Waals surface area contributed by atoms with E-state index in [9.17, 15) is 0 Å². The lowest BCUT2D eigenvalue weighted by molar-refractivity contribution is 0.810. The number of hydrogen-bond donors (Lipinski definition) is 1. The molecule has 1 N–H and O–H groups in total. The molecule has 0 aliphatic carbocycles. The van der Waals surface area contributed by atoms with E-state index in [-0.39, 0.29) is 0 Å². The molecule has 21 heavy (non-hydrogen) atoms. The van der Waals surface area contributed by atoms with Crippen LogP contribution >= 0.6 is 0 Å². The molecule has 3 rings (SSSR count). The van der Waals surface area contributed by atoms with E-state index in [0.717, 1.165) is 37.7 Å². The molecule has 5 nitrogen and oxygen atoms in total. The molecular weight excluding hydrogens is 262 g/mol. The molecule has 1 aromatic carbocycles. The minimum Gasteiger partial charge on any atom is -0.371 e. The summed E-state index contributed by atoms with van der Waals surface area (Å²) in [6.07, 6.45) is 4.68. The van der Waals surface area contributed by atoms with Crippen molar-refractivity contribution in [3.63, 3.8) is 0 Å². The molecule has 2 heterocycles. The van der Waals surface area contributed by atoms with E-state index in [1.165, 1.54) is 11.4 Å². The first-order valence-corrected chi connectivity index (χ1v) is 7.43. The maximum atomic E-state index is 4.69. The van der Waals surface area contributed by atoms with Crippen LogP contribution in [-0.4, -0.2) is 36.6 Å². The highest BCUT2D eigenvalue weighted by Gasteiger charge is 2.22. The van der Waals surface area contributed by atoms with Crippen LogP contribution in [0.5, 0.6) is 0 Å². The molecule has 0 saturated carbocycles. The topological polar surface area (TPSA) is 44.3 Å². The van der Waals surface area contributed by atoms with E-state index in [1.807, 2.05) is 6.20 Å². The van der Waals surface area contributed by atoms with Gasteiger partial charge in [0.25, 0.3) is 0 Å². The highest BCUT2D eigenvalue weighted by atomic mass is 15.3. The normalized spacial score (nSPS) is 14.0. The summed E-state index contributed by atoms with van der Waals surface area (Å²) in [6.45, 7) is 4.95. The van der Waals surface area contributed by atoms with E-state index in [1.54, 1.807) is 6.20 Å². The Hall–Kier alpha value is -2.30. The van der Waals surface area contributed by atoms with Crippen LogP contribution < -0.4 is 15.1 Å². The van der Waals surface area contributed by atoms with Gasteiger partial charge in [0, 0.05) is 26.7 Å². The van der Waals surface area contributed by atoms with Gasteiger partial charge < -0.3 is 15.1 Å². The molecule has 0 amide bonds. The summed E-state index contributed by atoms with van der Waals surface area (Å²) in [6, 6.07) is 8.42. The van der Waals surface area contributed by atoms with Gasteiger partial charge in [-0.05, 0) is 18.6 Å². The lowest BCUT2D eigenvalue weighted by Gasteiger charge is -2.36. The number of fused-ring (bicyclic) bond motifs is 1. The monoisotopic (exact) mass is 283 g/mol. The van der Waals surface area contributed by atoms with Gasteiger partial charge in [-0.1, -0.05) is 19.1 Å². The number of nitrogens with one attached hydrogen (secondary N) is 1. The molecule has 110 valence electrons. The van der Waals surface area contributed by atoms with Crippen LogP contribution in [0.15, 0.2) is 36.7 Å². The fourth-order valence-electron chi connectivity index (χ4n) is 2.57. The maximum absolute atomic E-state index is 4.69. The second-order valence-electron chi connectivity index (χ2n) is 5.25. The number of nitrogens with zero attached hydrogens (tertiary/aromatic N) is 4. The van der Waals surface area contributed by atoms with Crippen molar-refractivity contribution < 1.29 is 0 Å². The van der Waals surface area contributed by atoms with Crippen LogP contribution in [0.25, 0.3) is 0 Å². The average Bonchev–Trinajstić information content (AvgIpc) is 2.54. The standard InChI is InChI=1S/C16H21N5/c1-3-8-18-15-11-17-12-16(19-15)21-10-9-20(2)13-6-4-5-7-14(13)21/h4-7,11-12H,3,8-10H2,1-2H3,(H,18,19). The van der Waals surface area contributed by atoms with Crippen molar-refractivity contribution in [1.29, 1.82) is 0 Å². The van der Waals surface area contributed by atoms with Gasteiger partial charge in [-0.3, -0.25) is 4.98 Å². The van der Waals surface area contributed by atoms with Crippen molar-refractivity contribution in [3.8, 4) is 0 Å². The van der Waals surface area contributed by atoms with E-state index < -0.39 is 0 Å². The molecule has 0 saturated heterocycles. The van der Waals surface area contributed by atoms with E-state index in [4.69, 9.17) is 4.98 Å². The molecule has 0 radical (unpaired) electrons. The van der Waals surface area contributed by atoms with Crippen LogP contribution in [0.2, 0.25) is 0 Å². The molecule has 1 aromatic heterocycles. The minimum atomic E-state index is 0.839. The number of hydrogen-bond acceptors (Lipinski definition) is 5. The SMILES string of the molecule is CCCNc1cncc(N2CCN(C)c3ccccc32)n1. The van der Waals surface area contributed by atoms with Gasteiger partial charge in [-0.2, -0.15) is 0 Å². The summed E-state index contributed by atoms with van der Waals surface area (Å²) in [5.74, 6) is 1.74. The molecule has 0 unspecified atom stereocenters. The third-order valence-corrected chi connectivity index (χ3v) is 3.70. The lowest BCUT2D eigenvalue weighted by atomic mass is 10.2. The number of rotatable bonds is 4. The fourth-order valence-corrected chi connectivity index (χ4v) is 2.57. The first kappa shape index (κ1) is 13.7. The van der Waals surface area contributed by atoms with Crippen LogP contribution in [0.4, 0.5) is 23.0 Å². The molecule has 0 bridgehead atoms. The number of para-hydroxylation sites is 2. The van der Waals surface area contributed by atoms with Gasteiger partial charge in [-0.15, -0.1) is 0 Å². The van der Waals surface area contributed by atoms with Gasteiger partial charge in [0.15, 0.2) is 5.82 Å². The average molecular weight is 283 g/mol. The predicted molar refractivity (Wildman–Crippen MR) is 87.5 cm³/mol. The lowest BCUT2D eigenvalue weighted by Crippen LogP contribution is -2.36. The summed E-state index contributed by atoms with van der Waals surface area (Å²) in [5, 5.41) is 3.30. The van der Waals surface area contributed by atoms with Gasteiger partial charge in [-0.25, -0.2) is 4.98 Å². The second-order valence-corrected chi connectivity index (χ2v) is 5.25. The van der Waals surface area contributed by atoms with Crippen molar-refractivity contribution in [1.82, 2.24) is 9.97 Å². The molecule has 2 aromatic rings. The Morgan fingerprint density at radius 1 is 1.14 bits per heavy atom. The highest BCUT2D eigenvalue weighted by Crippen LogP contribution is 2.35. The minimum absolute atomic E-state index is 0.839. The largest absolute Gasteiger partial charge is 0.371 e. The van der Waals surface area contributed by atoms with Crippen LogP contribution in [0.1, 0.15) is 13.3 Å². The zero-order valence-electron chi connectivity index (χ0n) is 12.6. The zero-order chi connectivity index (χ0) is 14.7. The van der Waals surface area contributed by atoms with Crippen LogP contribution in [0.3, 0.4) is 0 Å². The van der Waals surface area contributed by atoms with Crippen molar-refractivity contribution in [2.75, 3.05) is 41.8 Å². The van der Waals surface area contributed by atoms with Gasteiger partial charge in [0.2, 0.25) is 0 Å². The summed E-state index contributed by atoms with van der Waals surface area (Å²) < 4.78 is 0. The molecule has 0 spiro atoms. The quantitative estimate of drug-likeness (QED) is 0.934. The second kappa shape index (κ2) is 5.99. The van der Waals surface area contributed by atoms with Crippen LogP contribution in [-0.2, 0) is 0 Å². The van der Waals surface area contributed by atoms with E-state index in [0.29, 0.717) is 0 Å². The Morgan fingerprint density at radius 2 is 1.95 bits per heavy atom. The summed E-state index contributed by atoms with van der Waals surface area (Å²) in [4.78, 5) is 13.5. The number of likely N-dealkylation sites (N-methyl/N-ethyl adjacent to an activating group) is 1. The highest BCUT2D eigenvalue weighted by molar-refractivity contribution is 5.78. The van der Waals surface area contributed by atoms with Crippen molar-refractivity contribution in [2.24, 2.45) is 0 Å². The Morgan fingerprint density at radius 3 is 2.76 bits per heavy atom. The van der Waals surface area contributed by atoms with Gasteiger partial charge in [0.05, 0.1) is 23.8 Å². The third-order valence-electron chi connectivity index (χ3n) is 3.70. The van der Waals surface area contributed by atoms with Gasteiger partial charge in [0.1, 0.15) is 5.82 Å². The van der Waals surface area contributed by atoms with Crippen molar-refractivity contribution in [2.45, 2.75) is 13.3 Å². The molecule has 0 fully saturated rings. The summed E-state index contributed by atoms with van der Waals surface area (Å²) in [5.41, 5.74) is 2.42. The Labute approximate surface area is 125 Å². The number of aromatic nitrogens is 2. The van der Waals surface area contributed by atoms with Gasteiger partial charge >= 0.3 is 0 Å². The Kier molecular flexibility index (Phi) is 3.90. The molecule has 1 aliphatic heterocycles. The van der Waals surface area contributed by atoms with Crippen molar-refractivity contribution >= 4 is 23.0 Å². The molecule has 1 aliphatic rings. The van der Waals surface area contributed by atoms with E-state index >= 15 is 0 Å². The zero-order valence-corrected chi connectivity index (χ0v) is 12.6. The fraction of sp³-hybridized carbons (Fsp3) is 0.375. The first-order valence-electron chi connectivity index (χ1n) is 7.43. The molecular formula is C16H21N5. The molecule has 5 heteroatoms. The Bertz CT molecular complexity index is 613. The third kappa shape index (κ3) is 2.77. The first-order chi connectivity index (χ1) is 10.3. The van der Waals surface area contributed by atoms with E-state index in [2.05, 4.69) is 58.3 Å². The molecule has 0 atom stereocenters. The summed E-state index contributed by atoms with van der Waals surface area (Å²) in [7, 11) is 2.13. The van der Waals surface area contributed by atoms with Crippen LogP contribution in [0, 0.1) is 0 Å². The predicted octanol–water partition coefficient (Wildman–Crippen LogP) is 2.89. The maximum Gasteiger partial charge on any atom is 0.154 e. The number of benzene rings is 1. The number of anilines is 4. The Balaban J connectivity index is 1.92. The van der Waals surface area contributed by atoms with Crippen molar-refractivity contribution in [3.05, 3.63) is 36.7 Å².